The van der Waals surface area contributed by atoms with E-state index in [0.29, 0.717) is 0 Å². The molecule has 0 aliphatic heterocycles. The summed E-state index contributed by atoms with van der Waals surface area (Å²) < 4.78 is 4.89. The first-order valence-electron chi connectivity index (χ1n) is 17.9. The van der Waals surface area contributed by atoms with Gasteiger partial charge in [-0.2, -0.15) is 0 Å². The quantitative estimate of drug-likeness (QED) is 0.104. The Bertz CT molecular complexity index is 2370. The number of benzene rings is 5. The van der Waals surface area contributed by atoms with Gasteiger partial charge in [-0.05, 0) is 115 Å². The van der Waals surface area contributed by atoms with Crippen molar-refractivity contribution in [3.63, 3.8) is 0 Å². The van der Waals surface area contributed by atoms with E-state index >= 15 is 0 Å². The molecule has 0 unspecified atom stereocenters. The fourth-order valence-electron chi connectivity index (χ4n) is 7.62. The maximum Gasteiger partial charge on any atom is 0.0491 e. The molecule has 7 aromatic rings. The molecule has 0 aliphatic rings. The molecule has 2 heterocycles. The molecule has 2 nitrogen and oxygen atoms in total. The fourth-order valence-corrected chi connectivity index (χ4v) is 7.62. The van der Waals surface area contributed by atoms with Gasteiger partial charge >= 0.3 is 0 Å². The van der Waals surface area contributed by atoms with E-state index in [4.69, 9.17) is 0 Å². The molecule has 244 valence electrons. The van der Waals surface area contributed by atoms with Gasteiger partial charge in [-0.3, -0.25) is 0 Å². The highest BCUT2D eigenvalue weighted by molar-refractivity contribution is 6.08. The number of allylic oxidation sites excluding steroid dienone is 2. The van der Waals surface area contributed by atoms with Crippen LogP contribution in [0.15, 0.2) is 115 Å². The lowest BCUT2D eigenvalue weighted by Gasteiger charge is -2.08. The van der Waals surface area contributed by atoms with Gasteiger partial charge in [0.05, 0.1) is 0 Å². The molecule has 0 bridgehead atoms. The van der Waals surface area contributed by atoms with E-state index in [9.17, 15) is 0 Å². The molecular formula is C47H46N2. The van der Waals surface area contributed by atoms with E-state index in [1.165, 1.54) is 82.9 Å². The summed E-state index contributed by atoms with van der Waals surface area (Å²) in [4.78, 5) is 0. The highest BCUT2D eigenvalue weighted by Crippen LogP contribution is 2.32. The third kappa shape index (κ3) is 6.20. The Morgan fingerprint density at radius 2 is 1.12 bits per heavy atom. The van der Waals surface area contributed by atoms with Gasteiger partial charge in [0.15, 0.2) is 0 Å². The molecule has 0 fully saturated rings. The van der Waals surface area contributed by atoms with Crippen molar-refractivity contribution in [2.24, 2.45) is 0 Å². The molecule has 0 radical (unpaired) electrons. The zero-order chi connectivity index (χ0) is 33.9. The largest absolute Gasteiger partial charge is 0.345 e. The number of aromatic nitrogens is 2. The molecule has 7 rings (SSSR count). The summed E-state index contributed by atoms with van der Waals surface area (Å²) in [5.74, 6) is 0. The summed E-state index contributed by atoms with van der Waals surface area (Å²) in [7, 11) is 0. The second kappa shape index (κ2) is 14.0. The van der Waals surface area contributed by atoms with Crippen molar-refractivity contribution in [2.75, 3.05) is 0 Å². The van der Waals surface area contributed by atoms with Crippen molar-refractivity contribution in [3.05, 3.63) is 154 Å². The first-order valence-corrected chi connectivity index (χ1v) is 17.9. The molecule has 0 saturated heterocycles. The number of hydrogen-bond donors (Lipinski definition) is 0. The zero-order valence-corrected chi connectivity index (χ0v) is 29.5. The summed E-state index contributed by atoms with van der Waals surface area (Å²) >= 11 is 0. The maximum atomic E-state index is 2.49. The van der Waals surface area contributed by atoms with Crippen LogP contribution in [0, 0.1) is 6.92 Å². The molecule has 2 aromatic heterocycles. The van der Waals surface area contributed by atoms with Crippen LogP contribution in [0.5, 0.6) is 0 Å². The van der Waals surface area contributed by atoms with Crippen LogP contribution < -0.4 is 0 Å². The van der Waals surface area contributed by atoms with E-state index in [1.54, 1.807) is 0 Å². The molecule has 0 amide bonds. The average Bonchev–Trinajstić information content (AvgIpc) is 3.63. The normalized spacial score (nSPS) is 12.3. The Labute approximate surface area is 291 Å². The van der Waals surface area contributed by atoms with Crippen molar-refractivity contribution >= 4 is 57.0 Å². The molecular weight excluding hydrogens is 593 g/mol. The monoisotopic (exact) mass is 638 g/mol. The third-order valence-electron chi connectivity index (χ3n) is 10.0. The van der Waals surface area contributed by atoms with Gasteiger partial charge in [0.25, 0.3) is 0 Å². The zero-order valence-electron chi connectivity index (χ0n) is 29.5. The number of fused-ring (bicyclic) bond motifs is 4. The first kappa shape index (κ1) is 32.2. The van der Waals surface area contributed by atoms with Gasteiger partial charge < -0.3 is 9.13 Å². The van der Waals surface area contributed by atoms with Crippen LogP contribution in [0.2, 0.25) is 0 Å². The van der Waals surface area contributed by atoms with Crippen molar-refractivity contribution in [1.29, 1.82) is 0 Å². The second-order valence-corrected chi connectivity index (χ2v) is 13.0. The summed E-state index contributed by atoms with van der Waals surface area (Å²) in [6.45, 7) is 13.0. The SMILES string of the molecule is C/C=C\Cc1c(CC)n(CC)c2ccc(/C=C/c3ccc(-c4ccc(/C=C/c5ccc6c(c5)c5ccccc5n6CC)cc4)c(C)c3)cc12. The minimum absolute atomic E-state index is 0.966. The van der Waals surface area contributed by atoms with Gasteiger partial charge in [-0.15, -0.1) is 0 Å². The minimum Gasteiger partial charge on any atom is -0.345 e. The summed E-state index contributed by atoms with van der Waals surface area (Å²) in [5.41, 5.74) is 15.5. The average molecular weight is 639 g/mol. The smallest absolute Gasteiger partial charge is 0.0491 e. The fraction of sp³-hybridized carbons (Fsp3) is 0.191. The van der Waals surface area contributed by atoms with Gasteiger partial charge in [-0.25, -0.2) is 0 Å². The number of hydrogen-bond acceptors (Lipinski definition) is 0. The molecule has 5 aromatic carbocycles. The molecule has 0 saturated carbocycles. The number of nitrogens with zero attached hydrogens (tertiary/aromatic N) is 2. The van der Waals surface area contributed by atoms with Gasteiger partial charge in [-0.1, -0.05) is 116 Å². The Morgan fingerprint density at radius 3 is 1.78 bits per heavy atom. The molecule has 0 atom stereocenters. The lowest BCUT2D eigenvalue weighted by atomic mass is 9.97. The predicted molar refractivity (Wildman–Crippen MR) is 215 cm³/mol. The van der Waals surface area contributed by atoms with Crippen LogP contribution in [0.1, 0.15) is 66.8 Å². The van der Waals surface area contributed by atoms with Gasteiger partial charge in [0, 0.05) is 51.5 Å². The minimum atomic E-state index is 0.966. The topological polar surface area (TPSA) is 9.86 Å². The Morgan fingerprint density at radius 1 is 0.551 bits per heavy atom. The van der Waals surface area contributed by atoms with Crippen LogP contribution in [0.25, 0.3) is 68.1 Å². The molecule has 49 heavy (non-hydrogen) atoms. The van der Waals surface area contributed by atoms with Gasteiger partial charge in [0.1, 0.15) is 0 Å². The summed E-state index contributed by atoms with van der Waals surface area (Å²) in [6, 6.07) is 38.1. The third-order valence-corrected chi connectivity index (χ3v) is 10.0. The van der Waals surface area contributed by atoms with E-state index in [2.05, 4.69) is 183 Å². The molecule has 2 heteroatoms. The molecule has 0 N–H and O–H groups in total. The van der Waals surface area contributed by atoms with Crippen molar-refractivity contribution < 1.29 is 0 Å². The Balaban J connectivity index is 1.08. The highest BCUT2D eigenvalue weighted by Gasteiger charge is 2.14. The van der Waals surface area contributed by atoms with E-state index < -0.39 is 0 Å². The lowest BCUT2D eigenvalue weighted by Crippen LogP contribution is -2.00. The predicted octanol–water partition coefficient (Wildman–Crippen LogP) is 12.8. The Hall–Kier alpha value is -5.34. The number of aryl methyl sites for hydroxylation is 3. The van der Waals surface area contributed by atoms with Crippen LogP contribution in [0.4, 0.5) is 0 Å². The van der Waals surface area contributed by atoms with E-state index in [1.807, 2.05) is 0 Å². The number of para-hydroxylation sites is 1. The van der Waals surface area contributed by atoms with Crippen LogP contribution in [0.3, 0.4) is 0 Å². The summed E-state index contributed by atoms with van der Waals surface area (Å²) in [6.07, 6.45) is 15.4. The van der Waals surface area contributed by atoms with Crippen molar-refractivity contribution in [1.82, 2.24) is 9.13 Å². The standard InChI is InChI=1S/C47H46N2/c1-6-10-13-40-42-31-37(23-28-46(42)48(8-3)44(40)7-2)19-18-35-22-27-39(33(5)30-35)38-25-20-34(21-26-38)16-17-36-24-29-47-43(32-36)41-14-11-12-15-45(41)49(47)9-4/h6,10-12,14-32H,7-9,13H2,1-5H3/b10-6-,17-16+,19-18+. The van der Waals surface area contributed by atoms with Gasteiger partial charge in [0.2, 0.25) is 0 Å². The van der Waals surface area contributed by atoms with Crippen LogP contribution in [-0.2, 0) is 25.9 Å². The van der Waals surface area contributed by atoms with E-state index in [-0.39, 0.29) is 0 Å². The van der Waals surface area contributed by atoms with Crippen molar-refractivity contribution in [3.8, 4) is 11.1 Å². The second-order valence-electron chi connectivity index (χ2n) is 13.0. The maximum absolute atomic E-state index is 2.49. The molecule has 0 spiro atoms. The van der Waals surface area contributed by atoms with Crippen LogP contribution in [-0.4, -0.2) is 9.13 Å². The highest BCUT2D eigenvalue weighted by atomic mass is 15.0. The summed E-state index contributed by atoms with van der Waals surface area (Å²) in [5, 5.41) is 4.01. The van der Waals surface area contributed by atoms with Crippen LogP contribution >= 0.6 is 0 Å². The molecule has 0 aliphatic carbocycles. The van der Waals surface area contributed by atoms with E-state index in [0.717, 1.165) is 25.9 Å². The lowest BCUT2D eigenvalue weighted by molar-refractivity contribution is 0.739. The number of rotatable bonds is 10. The van der Waals surface area contributed by atoms with Crippen molar-refractivity contribution in [2.45, 2.75) is 60.5 Å². The first-order chi connectivity index (χ1) is 24.0. The Kier molecular flexibility index (Phi) is 9.22.